The molecular weight excluding hydrogens is 351 g/mol. The SMILES string of the molecule is CC(C)(C)OC(=O)N1CCc2nn3c(c2C1)C(F)(F)CC[C@@](O)(CF)C3. The summed E-state index contributed by atoms with van der Waals surface area (Å²) in [6.07, 6.45) is -1.29. The number of hydrogen-bond acceptors (Lipinski definition) is 4. The number of hydrogen-bond donors (Lipinski definition) is 1. The second-order valence-electron chi connectivity index (χ2n) is 8.15. The van der Waals surface area contributed by atoms with E-state index in [1.54, 1.807) is 20.8 Å². The van der Waals surface area contributed by atoms with Crippen molar-refractivity contribution in [3.05, 3.63) is 17.0 Å². The maximum atomic E-state index is 14.7. The average Bonchev–Trinajstić information content (AvgIpc) is 2.84. The molecule has 1 aromatic rings. The lowest BCUT2D eigenvalue weighted by atomic mass is 9.96. The van der Waals surface area contributed by atoms with Crippen LogP contribution in [0.25, 0.3) is 0 Å². The lowest BCUT2D eigenvalue weighted by molar-refractivity contribution is -0.0475. The smallest absolute Gasteiger partial charge is 0.410 e. The van der Waals surface area contributed by atoms with E-state index in [0.29, 0.717) is 18.7 Å². The Bertz CT molecular complexity index is 714. The molecule has 0 radical (unpaired) electrons. The van der Waals surface area contributed by atoms with Gasteiger partial charge in [-0.05, 0) is 27.2 Å². The molecule has 6 nitrogen and oxygen atoms in total. The third-order valence-corrected chi connectivity index (χ3v) is 4.70. The number of carbonyl (C=O) groups is 1. The van der Waals surface area contributed by atoms with E-state index < -0.39 is 36.3 Å². The normalized spacial score (nSPS) is 25.3. The van der Waals surface area contributed by atoms with Crippen LogP contribution in [0.3, 0.4) is 0 Å². The van der Waals surface area contributed by atoms with Gasteiger partial charge in [-0.3, -0.25) is 4.68 Å². The van der Waals surface area contributed by atoms with Crippen LogP contribution in [0.4, 0.5) is 18.0 Å². The van der Waals surface area contributed by atoms with E-state index in [0.717, 1.165) is 4.68 Å². The van der Waals surface area contributed by atoms with Gasteiger partial charge in [0.25, 0.3) is 5.92 Å². The van der Waals surface area contributed by atoms with Gasteiger partial charge in [0.1, 0.15) is 23.6 Å². The molecule has 0 saturated carbocycles. The Kier molecular flexibility index (Phi) is 4.49. The molecule has 2 aliphatic heterocycles. The third-order valence-electron chi connectivity index (χ3n) is 4.70. The van der Waals surface area contributed by atoms with E-state index in [-0.39, 0.29) is 30.8 Å². The summed E-state index contributed by atoms with van der Waals surface area (Å²) in [6, 6.07) is 0. The number of aromatic nitrogens is 2. The second kappa shape index (κ2) is 6.14. The number of amides is 1. The van der Waals surface area contributed by atoms with Crippen LogP contribution in [0.5, 0.6) is 0 Å². The Labute approximate surface area is 149 Å². The van der Waals surface area contributed by atoms with Gasteiger partial charge in [-0.15, -0.1) is 0 Å². The monoisotopic (exact) mass is 375 g/mol. The summed E-state index contributed by atoms with van der Waals surface area (Å²) in [4.78, 5) is 13.7. The number of carbonyl (C=O) groups excluding carboxylic acids is 1. The fourth-order valence-electron chi connectivity index (χ4n) is 3.41. The Balaban J connectivity index is 1.93. The molecular formula is C17H24F3N3O3. The van der Waals surface area contributed by atoms with Crippen LogP contribution in [0.1, 0.15) is 50.6 Å². The summed E-state index contributed by atoms with van der Waals surface area (Å²) < 4.78 is 49.0. The molecule has 0 aliphatic carbocycles. The highest BCUT2D eigenvalue weighted by molar-refractivity contribution is 5.68. The predicted octanol–water partition coefficient (Wildman–Crippen LogP) is 2.76. The molecule has 1 amide bonds. The first kappa shape index (κ1) is 19.0. The first-order valence-electron chi connectivity index (χ1n) is 8.67. The van der Waals surface area contributed by atoms with Crippen molar-refractivity contribution in [2.45, 2.75) is 70.2 Å². The largest absolute Gasteiger partial charge is 0.444 e. The van der Waals surface area contributed by atoms with Crippen molar-refractivity contribution in [2.75, 3.05) is 13.2 Å². The molecule has 146 valence electrons. The van der Waals surface area contributed by atoms with Gasteiger partial charge in [-0.25, -0.2) is 9.18 Å². The highest BCUT2D eigenvalue weighted by Crippen LogP contribution is 2.42. The van der Waals surface area contributed by atoms with E-state index in [9.17, 15) is 23.1 Å². The fraction of sp³-hybridized carbons (Fsp3) is 0.765. The topological polar surface area (TPSA) is 67.6 Å². The summed E-state index contributed by atoms with van der Waals surface area (Å²) in [7, 11) is 0. The highest BCUT2D eigenvalue weighted by atomic mass is 19.3. The van der Waals surface area contributed by atoms with Gasteiger partial charge in [0.15, 0.2) is 0 Å². The van der Waals surface area contributed by atoms with Crippen molar-refractivity contribution >= 4 is 6.09 Å². The van der Waals surface area contributed by atoms with E-state index in [4.69, 9.17) is 4.74 Å². The highest BCUT2D eigenvalue weighted by Gasteiger charge is 2.47. The van der Waals surface area contributed by atoms with Crippen LogP contribution in [0.15, 0.2) is 0 Å². The minimum atomic E-state index is -3.25. The zero-order chi connectivity index (χ0) is 19.3. The zero-order valence-corrected chi connectivity index (χ0v) is 15.2. The molecule has 26 heavy (non-hydrogen) atoms. The van der Waals surface area contributed by atoms with Crippen LogP contribution < -0.4 is 0 Å². The quantitative estimate of drug-likeness (QED) is 0.820. The number of alkyl halides is 3. The molecule has 0 spiro atoms. The molecule has 3 heterocycles. The van der Waals surface area contributed by atoms with Crippen molar-refractivity contribution in [3.8, 4) is 0 Å². The third kappa shape index (κ3) is 3.54. The van der Waals surface area contributed by atoms with E-state index in [1.807, 2.05) is 0 Å². The van der Waals surface area contributed by atoms with Crippen molar-refractivity contribution in [2.24, 2.45) is 0 Å². The summed E-state index contributed by atoms with van der Waals surface area (Å²) in [5, 5.41) is 14.4. The first-order chi connectivity index (χ1) is 11.9. The molecule has 3 rings (SSSR count). The summed E-state index contributed by atoms with van der Waals surface area (Å²) in [5.74, 6) is -3.25. The Morgan fingerprint density at radius 3 is 2.65 bits per heavy atom. The lowest BCUT2D eigenvalue weighted by Gasteiger charge is -2.30. The van der Waals surface area contributed by atoms with E-state index in [1.165, 1.54) is 4.90 Å². The van der Waals surface area contributed by atoms with Crippen LogP contribution in [-0.2, 0) is 30.2 Å². The van der Waals surface area contributed by atoms with Gasteiger partial charge in [-0.1, -0.05) is 0 Å². The standard InChI is InChI=1S/C17H24F3N3O3/c1-15(2,3)26-14(24)22-7-4-12-11(8-22)13-17(19,20)6-5-16(25,9-18)10-23(13)21-12/h25H,4-10H2,1-3H3/t16-/m1/s1. The van der Waals surface area contributed by atoms with E-state index in [2.05, 4.69) is 5.10 Å². The van der Waals surface area contributed by atoms with Gasteiger partial charge in [-0.2, -0.15) is 13.9 Å². The van der Waals surface area contributed by atoms with E-state index >= 15 is 0 Å². The number of ether oxygens (including phenoxy) is 1. The van der Waals surface area contributed by atoms with Crippen LogP contribution >= 0.6 is 0 Å². The van der Waals surface area contributed by atoms with Crippen molar-refractivity contribution in [1.82, 2.24) is 14.7 Å². The molecule has 0 fully saturated rings. The van der Waals surface area contributed by atoms with Crippen LogP contribution in [0.2, 0.25) is 0 Å². The average molecular weight is 375 g/mol. The van der Waals surface area contributed by atoms with Crippen molar-refractivity contribution in [3.63, 3.8) is 0 Å². The molecule has 0 unspecified atom stereocenters. The van der Waals surface area contributed by atoms with Gasteiger partial charge >= 0.3 is 6.09 Å². The minimum absolute atomic E-state index is 0.0385. The minimum Gasteiger partial charge on any atom is -0.444 e. The Hall–Kier alpha value is -1.77. The van der Waals surface area contributed by atoms with Gasteiger partial charge < -0.3 is 14.7 Å². The summed E-state index contributed by atoms with van der Waals surface area (Å²) in [5.41, 5.74) is -2.13. The van der Waals surface area contributed by atoms with Gasteiger partial charge in [0.05, 0.1) is 18.8 Å². The van der Waals surface area contributed by atoms with Crippen molar-refractivity contribution in [1.29, 1.82) is 0 Å². The number of fused-ring (bicyclic) bond motifs is 3. The number of rotatable bonds is 1. The van der Waals surface area contributed by atoms with Crippen LogP contribution in [0, 0.1) is 0 Å². The molecule has 1 N–H and O–H groups in total. The Morgan fingerprint density at radius 2 is 2.04 bits per heavy atom. The maximum Gasteiger partial charge on any atom is 0.410 e. The Morgan fingerprint density at radius 1 is 1.35 bits per heavy atom. The lowest BCUT2D eigenvalue weighted by Crippen LogP contribution is -2.40. The maximum absolute atomic E-state index is 14.7. The molecule has 0 bridgehead atoms. The molecule has 9 heteroatoms. The summed E-state index contributed by atoms with van der Waals surface area (Å²) >= 11 is 0. The van der Waals surface area contributed by atoms with Crippen molar-refractivity contribution < 1.29 is 27.8 Å². The number of aliphatic hydroxyl groups is 1. The molecule has 2 aliphatic rings. The zero-order valence-electron chi connectivity index (χ0n) is 15.2. The summed E-state index contributed by atoms with van der Waals surface area (Å²) in [6.45, 7) is 4.03. The molecule has 0 saturated heterocycles. The predicted molar refractivity (Wildman–Crippen MR) is 86.6 cm³/mol. The molecule has 1 aromatic heterocycles. The fourth-order valence-corrected chi connectivity index (χ4v) is 3.41. The first-order valence-corrected chi connectivity index (χ1v) is 8.67. The van der Waals surface area contributed by atoms with Gasteiger partial charge in [0, 0.05) is 24.9 Å². The number of nitrogens with zero attached hydrogens (tertiary/aromatic N) is 3. The van der Waals surface area contributed by atoms with Crippen LogP contribution in [-0.4, -0.2) is 50.3 Å². The molecule has 1 atom stereocenters. The van der Waals surface area contributed by atoms with Gasteiger partial charge in [0.2, 0.25) is 0 Å². The number of halogens is 3. The second-order valence-corrected chi connectivity index (χ2v) is 8.15. The molecule has 0 aromatic carbocycles.